The number of ether oxygens (including phenoxy) is 1. The van der Waals surface area contributed by atoms with Gasteiger partial charge in [0.25, 0.3) is 0 Å². The minimum absolute atomic E-state index is 0.0540. The first-order valence-corrected chi connectivity index (χ1v) is 6.35. The molecule has 1 aromatic rings. The molecule has 0 fully saturated rings. The molecule has 1 aromatic carbocycles. The molecule has 3 nitrogen and oxygen atoms in total. The maximum Gasteiger partial charge on any atom is 0.222 e. The standard InChI is InChI=1S/C13H17ClFNO2/c1-16(13(17)3-2-8-14)9-10-18-12-6-4-11(15)5-7-12/h4-7H,2-3,8-10H2,1H3. The van der Waals surface area contributed by atoms with Gasteiger partial charge in [0.15, 0.2) is 0 Å². The average Bonchev–Trinajstić information content (AvgIpc) is 2.38. The second kappa shape index (κ2) is 7.93. The number of nitrogens with zero attached hydrogens (tertiary/aromatic N) is 1. The Morgan fingerprint density at radius 1 is 1.39 bits per heavy atom. The van der Waals surface area contributed by atoms with Gasteiger partial charge in [0.2, 0.25) is 5.91 Å². The van der Waals surface area contributed by atoms with Crippen LogP contribution in [0.2, 0.25) is 0 Å². The number of amides is 1. The summed E-state index contributed by atoms with van der Waals surface area (Å²) in [4.78, 5) is 13.2. The molecule has 0 aliphatic carbocycles. The van der Waals surface area contributed by atoms with Crippen LogP contribution < -0.4 is 4.74 Å². The van der Waals surface area contributed by atoms with Gasteiger partial charge in [0.05, 0.1) is 6.54 Å². The molecule has 18 heavy (non-hydrogen) atoms. The fourth-order valence-corrected chi connectivity index (χ4v) is 1.50. The smallest absolute Gasteiger partial charge is 0.222 e. The van der Waals surface area contributed by atoms with E-state index < -0.39 is 0 Å². The van der Waals surface area contributed by atoms with Crippen molar-refractivity contribution in [2.75, 3.05) is 26.1 Å². The third-order valence-electron chi connectivity index (χ3n) is 2.46. The van der Waals surface area contributed by atoms with E-state index in [4.69, 9.17) is 16.3 Å². The zero-order valence-corrected chi connectivity index (χ0v) is 11.1. The lowest BCUT2D eigenvalue weighted by atomic mass is 10.3. The largest absolute Gasteiger partial charge is 0.492 e. The summed E-state index contributed by atoms with van der Waals surface area (Å²) >= 11 is 5.52. The molecule has 1 amide bonds. The summed E-state index contributed by atoms with van der Waals surface area (Å²) in [6.07, 6.45) is 1.14. The van der Waals surface area contributed by atoms with E-state index in [-0.39, 0.29) is 11.7 Å². The van der Waals surface area contributed by atoms with Gasteiger partial charge in [-0.3, -0.25) is 4.79 Å². The maximum absolute atomic E-state index is 12.6. The van der Waals surface area contributed by atoms with E-state index in [0.29, 0.717) is 37.6 Å². The Labute approximate surface area is 111 Å². The van der Waals surface area contributed by atoms with Crippen LogP contribution in [0.4, 0.5) is 4.39 Å². The summed E-state index contributed by atoms with van der Waals surface area (Å²) in [6.45, 7) is 0.882. The minimum Gasteiger partial charge on any atom is -0.492 e. The molecule has 0 bridgehead atoms. The quantitative estimate of drug-likeness (QED) is 0.715. The predicted molar refractivity (Wildman–Crippen MR) is 69.5 cm³/mol. The Balaban J connectivity index is 2.24. The SMILES string of the molecule is CN(CCOc1ccc(F)cc1)C(=O)CCCCl. The molecule has 0 atom stereocenters. The van der Waals surface area contributed by atoms with E-state index in [1.165, 1.54) is 12.1 Å². The Kier molecular flexibility index (Phi) is 6.50. The molecule has 5 heteroatoms. The Morgan fingerprint density at radius 2 is 2.06 bits per heavy atom. The van der Waals surface area contributed by atoms with Crippen LogP contribution in [0.1, 0.15) is 12.8 Å². The molecule has 0 N–H and O–H groups in total. The van der Waals surface area contributed by atoms with Gasteiger partial charge in [-0.1, -0.05) is 0 Å². The van der Waals surface area contributed by atoms with Crippen LogP contribution in [0.3, 0.4) is 0 Å². The second-order valence-corrected chi connectivity index (χ2v) is 4.29. The summed E-state index contributed by atoms with van der Waals surface area (Å²) in [5, 5.41) is 0. The monoisotopic (exact) mass is 273 g/mol. The van der Waals surface area contributed by atoms with Crippen molar-refractivity contribution in [2.24, 2.45) is 0 Å². The van der Waals surface area contributed by atoms with Crippen LogP contribution >= 0.6 is 11.6 Å². The minimum atomic E-state index is -0.296. The first kappa shape index (κ1) is 14.8. The van der Waals surface area contributed by atoms with E-state index in [2.05, 4.69) is 0 Å². The van der Waals surface area contributed by atoms with Crippen LogP contribution in [0.15, 0.2) is 24.3 Å². The topological polar surface area (TPSA) is 29.5 Å². The molecule has 0 unspecified atom stereocenters. The van der Waals surface area contributed by atoms with E-state index in [1.54, 1.807) is 24.1 Å². The highest BCUT2D eigenvalue weighted by Crippen LogP contribution is 2.10. The molecular formula is C13H17ClFNO2. The number of likely N-dealkylation sites (N-methyl/N-ethyl adjacent to an activating group) is 1. The lowest BCUT2D eigenvalue weighted by Crippen LogP contribution is -2.30. The van der Waals surface area contributed by atoms with Gasteiger partial charge in [0.1, 0.15) is 18.2 Å². The van der Waals surface area contributed by atoms with Crippen molar-refractivity contribution in [3.05, 3.63) is 30.1 Å². The highest BCUT2D eigenvalue weighted by atomic mass is 35.5. The molecule has 0 saturated heterocycles. The van der Waals surface area contributed by atoms with Gasteiger partial charge in [-0.25, -0.2) is 4.39 Å². The van der Waals surface area contributed by atoms with Crippen molar-refractivity contribution in [3.63, 3.8) is 0 Å². The number of carbonyl (C=O) groups is 1. The Morgan fingerprint density at radius 3 is 2.67 bits per heavy atom. The number of halogens is 2. The molecule has 0 saturated carbocycles. The first-order chi connectivity index (χ1) is 8.63. The van der Waals surface area contributed by atoms with Gasteiger partial charge in [0, 0.05) is 19.3 Å². The Bertz CT molecular complexity index is 370. The van der Waals surface area contributed by atoms with Crippen LogP contribution in [0.25, 0.3) is 0 Å². The molecule has 0 heterocycles. The van der Waals surface area contributed by atoms with Gasteiger partial charge in [-0.05, 0) is 30.7 Å². The summed E-state index contributed by atoms with van der Waals surface area (Å²) in [5.41, 5.74) is 0. The van der Waals surface area contributed by atoms with Crippen LogP contribution in [0.5, 0.6) is 5.75 Å². The molecular weight excluding hydrogens is 257 g/mol. The van der Waals surface area contributed by atoms with Crippen LogP contribution in [-0.4, -0.2) is 36.9 Å². The summed E-state index contributed by atoms with van der Waals surface area (Å²) in [7, 11) is 1.73. The summed E-state index contributed by atoms with van der Waals surface area (Å²) in [5.74, 6) is 0.846. The zero-order chi connectivity index (χ0) is 13.4. The highest BCUT2D eigenvalue weighted by Gasteiger charge is 2.07. The van der Waals surface area contributed by atoms with E-state index in [9.17, 15) is 9.18 Å². The van der Waals surface area contributed by atoms with Gasteiger partial charge >= 0.3 is 0 Å². The van der Waals surface area contributed by atoms with Crippen molar-refractivity contribution in [1.29, 1.82) is 0 Å². The molecule has 0 radical (unpaired) electrons. The van der Waals surface area contributed by atoms with Gasteiger partial charge in [-0.2, -0.15) is 0 Å². The highest BCUT2D eigenvalue weighted by molar-refractivity contribution is 6.17. The van der Waals surface area contributed by atoms with Crippen molar-refractivity contribution in [2.45, 2.75) is 12.8 Å². The number of benzene rings is 1. The number of carbonyl (C=O) groups excluding carboxylic acids is 1. The second-order valence-electron chi connectivity index (χ2n) is 3.91. The summed E-state index contributed by atoms with van der Waals surface area (Å²) < 4.78 is 18.0. The van der Waals surface area contributed by atoms with E-state index in [1.807, 2.05) is 0 Å². The van der Waals surface area contributed by atoms with Crippen LogP contribution in [0, 0.1) is 5.82 Å². The molecule has 0 spiro atoms. The number of hydrogen-bond donors (Lipinski definition) is 0. The van der Waals surface area contributed by atoms with E-state index in [0.717, 1.165) is 0 Å². The molecule has 1 rings (SSSR count). The van der Waals surface area contributed by atoms with Gasteiger partial charge in [-0.15, -0.1) is 11.6 Å². The predicted octanol–water partition coefficient (Wildman–Crippen LogP) is 2.68. The number of hydrogen-bond acceptors (Lipinski definition) is 2. The lowest BCUT2D eigenvalue weighted by Gasteiger charge is -2.17. The first-order valence-electron chi connectivity index (χ1n) is 5.82. The molecule has 100 valence electrons. The van der Waals surface area contributed by atoms with Crippen molar-refractivity contribution >= 4 is 17.5 Å². The normalized spacial score (nSPS) is 10.2. The summed E-state index contributed by atoms with van der Waals surface area (Å²) in [6, 6.07) is 5.80. The molecule has 0 aliphatic rings. The molecule has 0 aliphatic heterocycles. The fourth-order valence-electron chi connectivity index (χ4n) is 1.36. The zero-order valence-electron chi connectivity index (χ0n) is 10.4. The van der Waals surface area contributed by atoms with Crippen molar-refractivity contribution < 1.29 is 13.9 Å². The third kappa shape index (κ3) is 5.36. The third-order valence-corrected chi connectivity index (χ3v) is 2.73. The lowest BCUT2D eigenvalue weighted by molar-refractivity contribution is -0.130. The fraction of sp³-hybridized carbons (Fsp3) is 0.462. The Hall–Kier alpha value is -1.29. The van der Waals surface area contributed by atoms with E-state index >= 15 is 0 Å². The van der Waals surface area contributed by atoms with Crippen molar-refractivity contribution in [1.82, 2.24) is 4.90 Å². The van der Waals surface area contributed by atoms with Gasteiger partial charge < -0.3 is 9.64 Å². The molecule has 0 aromatic heterocycles. The average molecular weight is 274 g/mol. The number of rotatable bonds is 7. The maximum atomic E-state index is 12.6. The number of alkyl halides is 1. The van der Waals surface area contributed by atoms with Crippen LogP contribution in [-0.2, 0) is 4.79 Å². The van der Waals surface area contributed by atoms with Crippen molar-refractivity contribution in [3.8, 4) is 5.75 Å².